The minimum atomic E-state index is -0.602. The van der Waals surface area contributed by atoms with Gasteiger partial charge in [-0.25, -0.2) is 4.79 Å². The summed E-state index contributed by atoms with van der Waals surface area (Å²) >= 11 is 0. The van der Waals surface area contributed by atoms with E-state index in [-0.39, 0.29) is 7.97 Å². The lowest BCUT2D eigenvalue weighted by atomic mass is 10.7. The van der Waals surface area contributed by atoms with Gasteiger partial charge in [-0.15, -0.1) is 0 Å². The van der Waals surface area contributed by atoms with Crippen molar-refractivity contribution in [2.75, 3.05) is 6.54 Å². The number of hydrogen-bond acceptors (Lipinski definition) is 4. The average Bonchev–Trinajstić information content (AvgIpc) is 1.65. The van der Waals surface area contributed by atoms with Crippen LogP contribution in [0.25, 0.3) is 0 Å². The Hall–Kier alpha value is -0.610. The molecule has 0 saturated heterocycles. The predicted octanol–water partition coefficient (Wildman–Crippen LogP) is -1.53. The fourth-order valence-corrected chi connectivity index (χ4v) is 0.0481. The number of carbonyl (C=O) groups excluding carboxylic acids is 1. The largest absolute Gasteiger partial charge is 1.00 e. The molecule has 6 heavy (non-hydrogen) atoms. The molecular weight excluding hydrogens is 84.0 g/mol. The first-order valence-corrected chi connectivity index (χ1v) is 1.41. The third-order valence-corrected chi connectivity index (χ3v) is 0.298. The van der Waals surface area contributed by atoms with Crippen LogP contribution in [-0.2, 0) is 9.63 Å². The molecule has 0 bridgehead atoms. The van der Waals surface area contributed by atoms with E-state index in [1.807, 2.05) is 0 Å². The van der Waals surface area contributed by atoms with Crippen LogP contribution in [0.15, 0.2) is 0 Å². The molecule has 0 aliphatic heterocycles. The maximum atomic E-state index is 9.71. The van der Waals surface area contributed by atoms with E-state index in [9.17, 15) is 4.79 Å². The van der Waals surface area contributed by atoms with Gasteiger partial charge in [-0.05, 0) is 0 Å². The molecule has 0 fully saturated rings. The van der Waals surface area contributed by atoms with E-state index in [2.05, 4.69) is 10.7 Å². The van der Waals surface area contributed by atoms with Gasteiger partial charge in [-0.3, -0.25) is 0 Å². The van der Waals surface area contributed by atoms with Crippen molar-refractivity contribution in [2.24, 2.45) is 11.6 Å². The Morgan fingerprint density at radius 2 is 2.50 bits per heavy atom. The van der Waals surface area contributed by atoms with Crippen LogP contribution in [0.2, 0.25) is 0 Å². The molecule has 0 atom stereocenters. The second-order valence-electron chi connectivity index (χ2n) is 0.694. The molecule has 36 valence electrons. The van der Waals surface area contributed by atoms with E-state index in [0.717, 1.165) is 0 Å². The predicted molar refractivity (Wildman–Crippen MR) is 20.4 cm³/mol. The lowest BCUT2D eigenvalue weighted by Crippen LogP contribution is -2.19. The zero-order valence-corrected chi connectivity index (χ0v) is 3.18. The fraction of sp³-hybridized carbons (Fsp3) is 0.500. The molecule has 0 unspecified atom stereocenters. The van der Waals surface area contributed by atoms with Crippen molar-refractivity contribution >= 4 is 5.97 Å². The molecule has 0 rings (SSSR count). The highest BCUT2D eigenvalue weighted by Crippen LogP contribution is 1.56. The van der Waals surface area contributed by atoms with E-state index >= 15 is 0 Å². The van der Waals surface area contributed by atoms with E-state index in [1.54, 1.807) is 0 Å². The van der Waals surface area contributed by atoms with Crippen molar-refractivity contribution in [3.8, 4) is 0 Å². The van der Waals surface area contributed by atoms with Crippen molar-refractivity contribution in [1.82, 2.24) is 0 Å². The minimum Gasteiger partial charge on any atom is -0.372 e. The van der Waals surface area contributed by atoms with Gasteiger partial charge in [0.2, 0.25) is 0 Å². The molecule has 0 aromatic carbocycles. The molecule has 0 heterocycles. The highest BCUT2D eigenvalue weighted by molar-refractivity contribution is 5.70. The van der Waals surface area contributed by atoms with Crippen LogP contribution in [0, 0.1) is 0 Å². The van der Waals surface area contributed by atoms with E-state index in [4.69, 9.17) is 5.73 Å². The molecule has 0 aromatic rings. The van der Waals surface area contributed by atoms with Gasteiger partial charge >= 0.3 is 7.40 Å². The summed E-state index contributed by atoms with van der Waals surface area (Å²) in [6, 6.07) is 0. The Bertz CT molecular complexity index is 51.7. The second kappa shape index (κ2) is 2.62. The SMILES string of the molecule is NCC(=O)ON.[H+]. The summed E-state index contributed by atoms with van der Waals surface area (Å²) in [4.78, 5) is 13.3. The van der Waals surface area contributed by atoms with E-state index in [0.29, 0.717) is 0 Å². The summed E-state index contributed by atoms with van der Waals surface area (Å²) < 4.78 is 0. The quantitative estimate of drug-likeness (QED) is 0.384. The normalized spacial score (nSPS) is 7.67. The van der Waals surface area contributed by atoms with E-state index in [1.165, 1.54) is 0 Å². The number of hydrogen-bond donors (Lipinski definition) is 2. The lowest BCUT2D eigenvalue weighted by Gasteiger charge is -1.86. The number of rotatable bonds is 1. The topological polar surface area (TPSA) is 78.3 Å². The van der Waals surface area contributed by atoms with Gasteiger partial charge in [0, 0.05) is 0 Å². The molecule has 4 nitrogen and oxygen atoms in total. The molecule has 0 saturated carbocycles. The molecule has 0 aromatic heterocycles. The van der Waals surface area contributed by atoms with Crippen LogP contribution in [0.1, 0.15) is 1.43 Å². The molecule has 0 aliphatic rings. The standard InChI is InChI=1S/C2H6N2O2/c3-1-2(5)6-4/h1,3-4H2/p+1. The minimum absolute atomic E-state index is 0. The summed E-state index contributed by atoms with van der Waals surface area (Å²) in [7, 11) is 0. The Morgan fingerprint density at radius 1 is 2.00 bits per heavy atom. The van der Waals surface area contributed by atoms with Crippen LogP contribution in [0.3, 0.4) is 0 Å². The molecule has 0 radical (unpaired) electrons. The molecule has 0 spiro atoms. The van der Waals surface area contributed by atoms with Gasteiger partial charge in [0.25, 0.3) is 0 Å². The highest BCUT2D eigenvalue weighted by Gasteiger charge is 1.89. The first-order valence-electron chi connectivity index (χ1n) is 1.41. The van der Waals surface area contributed by atoms with Crippen molar-refractivity contribution in [1.29, 1.82) is 0 Å². The van der Waals surface area contributed by atoms with Crippen LogP contribution in [0.4, 0.5) is 0 Å². The van der Waals surface area contributed by atoms with Crippen LogP contribution < -0.4 is 11.6 Å². The van der Waals surface area contributed by atoms with Crippen LogP contribution >= 0.6 is 0 Å². The number of nitrogens with two attached hydrogens (primary N) is 2. The van der Waals surface area contributed by atoms with E-state index < -0.39 is 5.97 Å². The maximum absolute atomic E-state index is 9.71. The monoisotopic (exact) mass is 91.1 g/mol. The Kier molecular flexibility index (Phi) is 2.35. The lowest BCUT2D eigenvalue weighted by molar-refractivity contribution is -0.142. The van der Waals surface area contributed by atoms with Gasteiger partial charge in [0.05, 0.1) is 6.54 Å². The zero-order chi connectivity index (χ0) is 4.99. The Labute approximate surface area is 36.5 Å². The summed E-state index contributed by atoms with van der Waals surface area (Å²) in [5, 5.41) is 0. The summed E-state index contributed by atoms with van der Waals surface area (Å²) in [6.07, 6.45) is 0. The van der Waals surface area contributed by atoms with Crippen molar-refractivity contribution in [3.05, 3.63) is 0 Å². The average molecular weight is 91.1 g/mol. The third kappa shape index (κ3) is 1.68. The number of carbonyl (C=O) groups is 1. The van der Waals surface area contributed by atoms with Crippen molar-refractivity contribution in [3.63, 3.8) is 0 Å². The maximum Gasteiger partial charge on any atom is 1.00 e. The zero-order valence-electron chi connectivity index (χ0n) is 4.18. The molecule has 4 N–H and O–H groups in total. The van der Waals surface area contributed by atoms with Crippen LogP contribution in [0.5, 0.6) is 0 Å². The van der Waals surface area contributed by atoms with Gasteiger partial charge < -0.3 is 10.6 Å². The molecule has 0 amide bonds. The molecule has 0 aliphatic carbocycles. The first-order chi connectivity index (χ1) is 2.81. The van der Waals surface area contributed by atoms with Gasteiger partial charge in [0.1, 0.15) is 0 Å². The van der Waals surface area contributed by atoms with Crippen LogP contribution in [-0.4, -0.2) is 12.5 Å². The molecule has 4 heteroatoms. The Balaban J connectivity index is 0. The second-order valence-corrected chi connectivity index (χ2v) is 0.694. The Morgan fingerprint density at radius 3 is 2.50 bits per heavy atom. The van der Waals surface area contributed by atoms with Crippen molar-refractivity contribution in [2.45, 2.75) is 0 Å². The van der Waals surface area contributed by atoms with Gasteiger partial charge in [-0.1, -0.05) is 0 Å². The van der Waals surface area contributed by atoms with Crippen molar-refractivity contribution < 1.29 is 11.1 Å². The fourth-order valence-electron chi connectivity index (χ4n) is 0.0481. The van der Waals surface area contributed by atoms with Gasteiger partial charge in [-0.2, -0.15) is 5.90 Å². The summed E-state index contributed by atoms with van der Waals surface area (Å²) in [5.74, 6) is 3.75. The first kappa shape index (κ1) is 5.39. The van der Waals surface area contributed by atoms with Gasteiger partial charge in [0.15, 0.2) is 0 Å². The smallest absolute Gasteiger partial charge is 0.372 e. The summed E-state index contributed by atoms with van der Waals surface area (Å²) in [5.41, 5.74) is 4.73. The summed E-state index contributed by atoms with van der Waals surface area (Å²) in [6.45, 7) is -0.156. The third-order valence-electron chi connectivity index (χ3n) is 0.298. The highest BCUT2D eigenvalue weighted by atomic mass is 16.7. The molecular formula is C2H7N2O2+.